The predicted molar refractivity (Wildman–Crippen MR) is 122 cm³/mol. The highest BCUT2D eigenvalue weighted by atomic mass is 35.5. The number of nitrogens with zero attached hydrogens (tertiary/aromatic N) is 3. The first kappa shape index (κ1) is 25.2. The summed E-state index contributed by atoms with van der Waals surface area (Å²) in [5.41, 5.74) is -1.02. The second-order valence-electron chi connectivity index (χ2n) is 6.80. The van der Waals surface area contributed by atoms with Gasteiger partial charge in [0.15, 0.2) is 17.1 Å². The number of alkyl halides is 3. The third-order valence-corrected chi connectivity index (χ3v) is 6.07. The van der Waals surface area contributed by atoms with Gasteiger partial charge in [-0.25, -0.2) is 0 Å². The standard InChI is InChI=1S/C21H19Cl2F3N4O2S/c1-3-30-19(12(2)32-17-7-5-4-6-15(17)23)28-29-20(30)33-11-18(31)27-16-10-13(21(24,25)26)8-9-14(16)22/h4-10,12H,3,11H2,1-2H3,(H,27,31)/t12-/m1/s1. The lowest BCUT2D eigenvalue weighted by molar-refractivity contribution is -0.137. The van der Waals surface area contributed by atoms with Crippen molar-refractivity contribution in [2.75, 3.05) is 11.1 Å². The number of hydrogen-bond donors (Lipinski definition) is 1. The first-order valence-electron chi connectivity index (χ1n) is 9.73. The van der Waals surface area contributed by atoms with Crippen molar-refractivity contribution in [1.82, 2.24) is 14.8 Å². The van der Waals surface area contributed by atoms with Crippen LogP contribution >= 0.6 is 35.0 Å². The Morgan fingerprint density at radius 1 is 1.18 bits per heavy atom. The van der Waals surface area contributed by atoms with Crippen LogP contribution in [0.15, 0.2) is 47.6 Å². The summed E-state index contributed by atoms with van der Waals surface area (Å²) < 4.78 is 46.4. The molecule has 0 aliphatic carbocycles. The lowest BCUT2D eigenvalue weighted by Gasteiger charge is -2.16. The molecule has 1 aromatic heterocycles. The summed E-state index contributed by atoms with van der Waals surface area (Å²) in [6.45, 7) is 4.21. The van der Waals surface area contributed by atoms with E-state index in [-0.39, 0.29) is 16.5 Å². The van der Waals surface area contributed by atoms with Gasteiger partial charge in [-0.05, 0) is 44.2 Å². The molecule has 33 heavy (non-hydrogen) atoms. The Balaban J connectivity index is 1.67. The first-order chi connectivity index (χ1) is 15.6. The number of benzene rings is 2. The van der Waals surface area contributed by atoms with E-state index in [2.05, 4.69) is 15.5 Å². The normalized spacial score (nSPS) is 12.5. The minimum atomic E-state index is -4.55. The van der Waals surface area contributed by atoms with Gasteiger partial charge in [-0.3, -0.25) is 4.79 Å². The van der Waals surface area contributed by atoms with E-state index in [0.29, 0.717) is 28.3 Å². The topological polar surface area (TPSA) is 69.0 Å². The molecule has 3 rings (SSSR count). The Morgan fingerprint density at radius 3 is 2.58 bits per heavy atom. The van der Waals surface area contributed by atoms with E-state index >= 15 is 0 Å². The zero-order valence-corrected chi connectivity index (χ0v) is 19.8. The van der Waals surface area contributed by atoms with E-state index in [1.165, 1.54) is 0 Å². The lowest BCUT2D eigenvalue weighted by atomic mass is 10.2. The Bertz CT molecular complexity index is 1140. The molecule has 0 aliphatic rings. The Labute approximate surface area is 202 Å². The number of carbonyl (C=O) groups excluding carboxylic acids is 1. The highest BCUT2D eigenvalue weighted by Gasteiger charge is 2.31. The molecule has 3 aromatic rings. The molecule has 0 bridgehead atoms. The van der Waals surface area contributed by atoms with Gasteiger partial charge in [-0.15, -0.1) is 10.2 Å². The van der Waals surface area contributed by atoms with Gasteiger partial charge in [0.25, 0.3) is 0 Å². The molecule has 0 spiro atoms. The summed E-state index contributed by atoms with van der Waals surface area (Å²) in [5, 5.41) is 11.6. The molecular formula is C21H19Cl2F3N4O2S. The second-order valence-corrected chi connectivity index (χ2v) is 8.56. The third kappa shape index (κ3) is 6.33. The lowest BCUT2D eigenvalue weighted by Crippen LogP contribution is -2.16. The molecule has 0 saturated heterocycles. The molecule has 0 radical (unpaired) electrons. The molecule has 0 aliphatic heterocycles. The fourth-order valence-electron chi connectivity index (χ4n) is 2.90. The van der Waals surface area contributed by atoms with Crippen molar-refractivity contribution in [2.24, 2.45) is 0 Å². The van der Waals surface area contributed by atoms with Gasteiger partial charge >= 0.3 is 6.18 Å². The SMILES string of the molecule is CCn1c(SCC(=O)Nc2cc(C(F)(F)F)ccc2Cl)nnc1[C@@H](C)Oc1ccccc1Cl. The molecule has 1 N–H and O–H groups in total. The average Bonchev–Trinajstić information content (AvgIpc) is 3.17. The maximum absolute atomic E-state index is 12.9. The Kier molecular flexibility index (Phi) is 8.14. The van der Waals surface area contributed by atoms with Gasteiger partial charge in [0, 0.05) is 6.54 Å². The van der Waals surface area contributed by atoms with Crippen LogP contribution in [0.1, 0.15) is 31.3 Å². The molecule has 12 heteroatoms. The summed E-state index contributed by atoms with van der Waals surface area (Å²) in [4.78, 5) is 12.3. The summed E-state index contributed by atoms with van der Waals surface area (Å²) in [5.74, 6) is 0.406. The zero-order chi connectivity index (χ0) is 24.2. The van der Waals surface area contributed by atoms with Crippen LogP contribution in [0, 0.1) is 0 Å². The van der Waals surface area contributed by atoms with Crippen molar-refractivity contribution in [1.29, 1.82) is 0 Å². The van der Waals surface area contributed by atoms with Crippen molar-refractivity contribution in [3.8, 4) is 5.75 Å². The number of rotatable bonds is 8. The van der Waals surface area contributed by atoms with E-state index in [1.807, 2.05) is 6.92 Å². The molecule has 6 nitrogen and oxygen atoms in total. The molecule has 0 unspecified atom stereocenters. The first-order valence-corrected chi connectivity index (χ1v) is 11.5. The molecule has 176 valence electrons. The van der Waals surface area contributed by atoms with Crippen LogP contribution in [0.3, 0.4) is 0 Å². The van der Waals surface area contributed by atoms with Gasteiger partial charge in [0.1, 0.15) is 5.75 Å². The maximum Gasteiger partial charge on any atom is 0.416 e. The molecular weight excluding hydrogens is 500 g/mol. The van der Waals surface area contributed by atoms with E-state index in [1.54, 1.807) is 35.8 Å². The van der Waals surface area contributed by atoms with Gasteiger partial charge in [0.05, 0.1) is 27.0 Å². The van der Waals surface area contributed by atoms with Crippen molar-refractivity contribution >= 4 is 46.6 Å². The predicted octanol–water partition coefficient (Wildman–Crippen LogP) is 6.49. The van der Waals surface area contributed by atoms with Crippen LogP contribution in [0.5, 0.6) is 5.75 Å². The number of halogens is 5. The van der Waals surface area contributed by atoms with Crippen molar-refractivity contribution < 1.29 is 22.7 Å². The molecule has 1 heterocycles. The van der Waals surface area contributed by atoms with Crippen molar-refractivity contribution in [2.45, 2.75) is 37.8 Å². The Hall–Kier alpha value is -2.43. The Morgan fingerprint density at radius 2 is 1.91 bits per heavy atom. The molecule has 0 fully saturated rings. The number of ether oxygens (including phenoxy) is 1. The largest absolute Gasteiger partial charge is 0.481 e. The summed E-state index contributed by atoms with van der Waals surface area (Å²) >= 11 is 13.2. The zero-order valence-electron chi connectivity index (χ0n) is 17.5. The molecule has 1 amide bonds. The smallest absolute Gasteiger partial charge is 0.416 e. The van der Waals surface area contributed by atoms with Crippen LogP contribution in [-0.2, 0) is 17.5 Å². The van der Waals surface area contributed by atoms with Crippen molar-refractivity contribution in [3.05, 3.63) is 63.9 Å². The number of amides is 1. The quantitative estimate of drug-likeness (QED) is 0.345. The van der Waals surface area contributed by atoms with Crippen LogP contribution < -0.4 is 10.1 Å². The fraction of sp³-hybridized carbons (Fsp3) is 0.286. The minimum absolute atomic E-state index is 0.00547. The van der Waals surface area contributed by atoms with Gasteiger partial charge in [-0.2, -0.15) is 13.2 Å². The van der Waals surface area contributed by atoms with E-state index in [9.17, 15) is 18.0 Å². The maximum atomic E-state index is 12.9. The molecule has 0 saturated carbocycles. The highest BCUT2D eigenvalue weighted by molar-refractivity contribution is 7.99. The van der Waals surface area contributed by atoms with Gasteiger partial charge in [-0.1, -0.05) is 47.1 Å². The summed E-state index contributed by atoms with van der Waals surface area (Å²) in [6, 6.07) is 9.79. The number of hydrogen-bond acceptors (Lipinski definition) is 5. The highest BCUT2D eigenvalue weighted by Crippen LogP contribution is 2.34. The number of anilines is 1. The molecule has 2 aromatic carbocycles. The molecule has 1 atom stereocenters. The van der Waals surface area contributed by atoms with Crippen LogP contribution in [-0.4, -0.2) is 26.4 Å². The monoisotopic (exact) mass is 518 g/mol. The van der Waals surface area contributed by atoms with E-state index in [4.69, 9.17) is 27.9 Å². The van der Waals surface area contributed by atoms with Crippen LogP contribution in [0.4, 0.5) is 18.9 Å². The van der Waals surface area contributed by atoms with Crippen LogP contribution in [0.25, 0.3) is 0 Å². The number of aromatic nitrogens is 3. The van der Waals surface area contributed by atoms with E-state index in [0.717, 1.165) is 30.0 Å². The number of para-hydroxylation sites is 1. The van der Waals surface area contributed by atoms with Crippen LogP contribution in [0.2, 0.25) is 10.0 Å². The van der Waals surface area contributed by atoms with Gasteiger partial charge in [0.2, 0.25) is 5.91 Å². The number of nitrogens with one attached hydrogen (secondary N) is 1. The van der Waals surface area contributed by atoms with E-state index < -0.39 is 23.8 Å². The van der Waals surface area contributed by atoms with Gasteiger partial charge < -0.3 is 14.6 Å². The number of thioether (sulfide) groups is 1. The second kappa shape index (κ2) is 10.7. The number of carbonyl (C=O) groups is 1. The fourth-order valence-corrected chi connectivity index (χ4v) is 4.06. The summed E-state index contributed by atoms with van der Waals surface area (Å²) in [6.07, 6.45) is -5.01. The third-order valence-electron chi connectivity index (χ3n) is 4.47. The summed E-state index contributed by atoms with van der Waals surface area (Å²) in [7, 11) is 0. The average molecular weight is 519 g/mol. The van der Waals surface area contributed by atoms with Crippen molar-refractivity contribution in [3.63, 3.8) is 0 Å². The minimum Gasteiger partial charge on any atom is -0.481 e.